The fraction of sp³-hybridized carbons (Fsp3) is 0.450. The second-order valence-corrected chi connectivity index (χ2v) is 7.20. The van der Waals surface area contributed by atoms with Crippen LogP contribution >= 0.6 is 0 Å². The number of aromatic nitrogens is 2. The lowest BCUT2D eigenvalue weighted by Crippen LogP contribution is -2.38. The summed E-state index contributed by atoms with van der Waals surface area (Å²) in [5.41, 5.74) is 3.81. The predicted molar refractivity (Wildman–Crippen MR) is 98.2 cm³/mol. The largest absolute Gasteiger partial charge is 0.337 e. The summed E-state index contributed by atoms with van der Waals surface area (Å²) in [6.07, 6.45) is 3.13. The van der Waals surface area contributed by atoms with Crippen LogP contribution in [0.1, 0.15) is 41.5 Å². The summed E-state index contributed by atoms with van der Waals surface area (Å²) in [7, 11) is 0. The van der Waals surface area contributed by atoms with Gasteiger partial charge in [0.1, 0.15) is 5.69 Å². The van der Waals surface area contributed by atoms with E-state index in [9.17, 15) is 4.79 Å². The highest BCUT2D eigenvalue weighted by Crippen LogP contribution is 2.32. The van der Waals surface area contributed by atoms with E-state index in [1.807, 2.05) is 24.0 Å². The normalized spacial score (nSPS) is 17.7. The number of anilines is 2. The minimum absolute atomic E-state index is 0.0335. The summed E-state index contributed by atoms with van der Waals surface area (Å²) in [5, 5.41) is 0. The highest BCUT2D eigenvalue weighted by Gasteiger charge is 2.26. The summed E-state index contributed by atoms with van der Waals surface area (Å²) in [5.74, 6) is 1.37. The topological polar surface area (TPSA) is 49.3 Å². The van der Waals surface area contributed by atoms with Crippen molar-refractivity contribution in [3.05, 3.63) is 47.3 Å². The number of benzene rings is 1. The number of nitrogens with zero attached hydrogens (tertiary/aromatic N) is 4. The first-order valence-corrected chi connectivity index (χ1v) is 9.12. The minimum atomic E-state index is 0.0335. The Kier molecular flexibility index (Phi) is 4.15. The summed E-state index contributed by atoms with van der Waals surface area (Å²) in [6, 6.07) is 10.2. The summed E-state index contributed by atoms with van der Waals surface area (Å²) < 4.78 is 0. The molecule has 1 saturated heterocycles. The Morgan fingerprint density at radius 1 is 1.12 bits per heavy atom. The number of aryl methyl sites for hydroxylation is 1. The lowest BCUT2D eigenvalue weighted by atomic mass is 9.99. The van der Waals surface area contributed by atoms with Gasteiger partial charge in [0.05, 0.1) is 0 Å². The molecular formula is C20H24N4O. The summed E-state index contributed by atoms with van der Waals surface area (Å²) in [4.78, 5) is 26.2. The molecule has 0 aliphatic carbocycles. The number of likely N-dealkylation sites (tertiary alicyclic amines) is 1. The van der Waals surface area contributed by atoms with Crippen LogP contribution in [0.4, 0.5) is 11.6 Å². The molecule has 25 heavy (non-hydrogen) atoms. The number of hydrogen-bond acceptors (Lipinski definition) is 4. The van der Waals surface area contributed by atoms with E-state index in [0.29, 0.717) is 17.6 Å². The van der Waals surface area contributed by atoms with E-state index in [2.05, 4.69) is 40.0 Å². The van der Waals surface area contributed by atoms with Crippen LogP contribution in [0.5, 0.6) is 0 Å². The van der Waals surface area contributed by atoms with Crippen LogP contribution in [-0.4, -0.2) is 40.4 Å². The molecular weight excluding hydrogens is 312 g/mol. The van der Waals surface area contributed by atoms with Crippen LogP contribution in [0.2, 0.25) is 0 Å². The average Bonchev–Trinajstić information content (AvgIpc) is 3.05. The number of fused-ring (bicyclic) bond motifs is 1. The number of para-hydroxylation sites is 1. The molecule has 1 aromatic heterocycles. The lowest BCUT2D eigenvalue weighted by molar-refractivity contribution is 0.0691. The van der Waals surface area contributed by atoms with Gasteiger partial charge in [0.25, 0.3) is 5.91 Å². The molecule has 5 nitrogen and oxygen atoms in total. The fourth-order valence-corrected chi connectivity index (χ4v) is 3.70. The Bertz CT molecular complexity index is 796. The SMILES string of the molecule is Cc1cc(C(=O)N2CCC(C)CC2)nc(N2CCc3ccccc32)n1. The molecule has 5 heteroatoms. The van der Waals surface area contributed by atoms with Crippen molar-refractivity contribution >= 4 is 17.5 Å². The Hall–Kier alpha value is -2.43. The third-order valence-corrected chi connectivity index (χ3v) is 5.26. The fourth-order valence-electron chi connectivity index (χ4n) is 3.70. The zero-order chi connectivity index (χ0) is 17.4. The first kappa shape index (κ1) is 16.1. The Morgan fingerprint density at radius 2 is 1.88 bits per heavy atom. The van der Waals surface area contributed by atoms with Gasteiger partial charge in [-0.25, -0.2) is 9.97 Å². The standard InChI is InChI=1S/C20H24N4O/c1-14-7-10-23(11-8-14)19(25)17-13-15(2)21-20(22-17)24-12-9-16-5-3-4-6-18(16)24/h3-6,13-14H,7-12H2,1-2H3. The molecule has 0 saturated carbocycles. The van der Waals surface area contributed by atoms with Crippen molar-refractivity contribution in [2.24, 2.45) is 5.92 Å². The Balaban J connectivity index is 1.62. The van der Waals surface area contributed by atoms with Crippen molar-refractivity contribution in [2.75, 3.05) is 24.5 Å². The smallest absolute Gasteiger partial charge is 0.272 e. The van der Waals surface area contributed by atoms with Gasteiger partial charge in [-0.3, -0.25) is 4.79 Å². The second-order valence-electron chi connectivity index (χ2n) is 7.20. The molecule has 0 N–H and O–H groups in total. The minimum Gasteiger partial charge on any atom is -0.337 e. The molecule has 0 spiro atoms. The van der Waals surface area contributed by atoms with Gasteiger partial charge >= 0.3 is 0 Å². The Morgan fingerprint density at radius 3 is 2.68 bits per heavy atom. The highest BCUT2D eigenvalue weighted by molar-refractivity contribution is 5.93. The molecule has 2 aromatic rings. The summed E-state index contributed by atoms with van der Waals surface area (Å²) >= 11 is 0. The van der Waals surface area contributed by atoms with Crippen LogP contribution in [-0.2, 0) is 6.42 Å². The molecule has 0 atom stereocenters. The maximum absolute atomic E-state index is 12.9. The van der Waals surface area contributed by atoms with Crippen molar-refractivity contribution in [3.8, 4) is 0 Å². The van der Waals surface area contributed by atoms with E-state index in [-0.39, 0.29) is 5.91 Å². The van der Waals surface area contributed by atoms with Crippen molar-refractivity contribution in [1.29, 1.82) is 0 Å². The van der Waals surface area contributed by atoms with Crippen LogP contribution in [0.3, 0.4) is 0 Å². The molecule has 130 valence electrons. The van der Waals surface area contributed by atoms with E-state index < -0.39 is 0 Å². The van der Waals surface area contributed by atoms with E-state index in [1.54, 1.807) is 0 Å². The number of amides is 1. The van der Waals surface area contributed by atoms with Gasteiger partial charge in [-0.15, -0.1) is 0 Å². The number of piperidine rings is 1. The van der Waals surface area contributed by atoms with Gasteiger partial charge < -0.3 is 9.80 Å². The van der Waals surface area contributed by atoms with Gasteiger partial charge in [-0.05, 0) is 49.8 Å². The third-order valence-electron chi connectivity index (χ3n) is 5.26. The highest BCUT2D eigenvalue weighted by atomic mass is 16.2. The van der Waals surface area contributed by atoms with Gasteiger partial charge in [0.15, 0.2) is 0 Å². The van der Waals surface area contributed by atoms with Crippen molar-refractivity contribution < 1.29 is 4.79 Å². The molecule has 2 aliphatic heterocycles. The first-order chi connectivity index (χ1) is 12.1. The third kappa shape index (κ3) is 3.11. The van der Waals surface area contributed by atoms with Crippen LogP contribution < -0.4 is 4.90 Å². The number of carbonyl (C=O) groups excluding carboxylic acids is 1. The molecule has 0 radical (unpaired) electrons. The zero-order valence-electron chi connectivity index (χ0n) is 14.9. The van der Waals surface area contributed by atoms with Gasteiger partial charge in [-0.1, -0.05) is 25.1 Å². The summed E-state index contributed by atoms with van der Waals surface area (Å²) in [6.45, 7) is 6.69. The molecule has 2 aliphatic rings. The molecule has 3 heterocycles. The van der Waals surface area contributed by atoms with E-state index in [1.165, 1.54) is 5.56 Å². The number of rotatable bonds is 2. The van der Waals surface area contributed by atoms with Crippen molar-refractivity contribution in [3.63, 3.8) is 0 Å². The Labute approximate surface area is 148 Å². The van der Waals surface area contributed by atoms with Crippen molar-refractivity contribution in [2.45, 2.75) is 33.1 Å². The number of carbonyl (C=O) groups is 1. The van der Waals surface area contributed by atoms with Gasteiger partial charge in [0.2, 0.25) is 5.95 Å². The van der Waals surface area contributed by atoms with Crippen LogP contribution in [0.15, 0.2) is 30.3 Å². The molecule has 0 unspecified atom stereocenters. The maximum Gasteiger partial charge on any atom is 0.272 e. The second kappa shape index (κ2) is 6.47. The van der Waals surface area contributed by atoms with E-state index >= 15 is 0 Å². The maximum atomic E-state index is 12.9. The van der Waals surface area contributed by atoms with Crippen molar-refractivity contribution in [1.82, 2.24) is 14.9 Å². The lowest BCUT2D eigenvalue weighted by Gasteiger charge is -2.30. The van der Waals surface area contributed by atoms with E-state index in [4.69, 9.17) is 0 Å². The average molecular weight is 336 g/mol. The first-order valence-electron chi connectivity index (χ1n) is 9.12. The van der Waals surface area contributed by atoms with Crippen LogP contribution in [0.25, 0.3) is 0 Å². The monoisotopic (exact) mass is 336 g/mol. The molecule has 1 amide bonds. The van der Waals surface area contributed by atoms with E-state index in [0.717, 1.165) is 50.3 Å². The molecule has 1 aromatic carbocycles. The molecule has 0 bridgehead atoms. The predicted octanol–water partition coefficient (Wildman–Crippen LogP) is 3.35. The molecule has 1 fully saturated rings. The van der Waals surface area contributed by atoms with Gasteiger partial charge in [-0.2, -0.15) is 0 Å². The quantitative estimate of drug-likeness (QED) is 0.844. The molecule has 4 rings (SSSR count). The van der Waals surface area contributed by atoms with Gasteiger partial charge in [0, 0.05) is 31.0 Å². The zero-order valence-corrected chi connectivity index (χ0v) is 14.9. The van der Waals surface area contributed by atoms with Crippen LogP contribution in [0, 0.1) is 12.8 Å². The number of hydrogen-bond donors (Lipinski definition) is 0.